The Hall–Kier alpha value is -1.25. The third-order valence-corrected chi connectivity index (χ3v) is 2.41. The molecule has 0 aliphatic carbocycles. The maximum absolute atomic E-state index is 11.2. The highest BCUT2D eigenvalue weighted by molar-refractivity contribution is 5.92. The van der Waals surface area contributed by atoms with E-state index in [2.05, 4.69) is 6.58 Å². The number of cyclic esters (lactones) is 1. The molecule has 70 valence electrons. The van der Waals surface area contributed by atoms with Gasteiger partial charge in [0.25, 0.3) is 0 Å². The van der Waals surface area contributed by atoms with Gasteiger partial charge in [-0.05, 0) is 19.4 Å². The van der Waals surface area contributed by atoms with Crippen molar-refractivity contribution in [2.45, 2.75) is 32.5 Å². The third kappa shape index (κ3) is 1.15. The highest BCUT2D eigenvalue weighted by Gasteiger charge is 2.40. The molecule has 2 atom stereocenters. The molecule has 13 heavy (non-hydrogen) atoms. The first kappa shape index (κ1) is 8.35. The predicted octanol–water partition coefficient (Wildman–Crippen LogP) is 1.55. The van der Waals surface area contributed by atoms with Gasteiger partial charge >= 0.3 is 5.97 Å². The number of carbonyl (C=O) groups is 1. The van der Waals surface area contributed by atoms with E-state index in [1.807, 2.05) is 13.8 Å². The smallest absolute Gasteiger partial charge is 0.338 e. The summed E-state index contributed by atoms with van der Waals surface area (Å²) in [7, 11) is 0. The number of ether oxygens (including phenoxy) is 2. The molecular formula is C10H12O3. The molecule has 0 aromatic carbocycles. The molecule has 0 radical (unpaired) electrons. The molecule has 0 aromatic heterocycles. The molecule has 2 heterocycles. The molecule has 2 unspecified atom stereocenters. The lowest BCUT2D eigenvalue weighted by atomic mass is 10.1. The molecule has 2 aliphatic rings. The number of carbonyl (C=O) groups excluding carboxylic acids is 1. The van der Waals surface area contributed by atoms with Crippen molar-refractivity contribution in [1.82, 2.24) is 0 Å². The van der Waals surface area contributed by atoms with E-state index in [4.69, 9.17) is 9.47 Å². The second-order valence-corrected chi connectivity index (χ2v) is 3.55. The molecule has 0 bridgehead atoms. The van der Waals surface area contributed by atoms with Gasteiger partial charge in [-0.2, -0.15) is 0 Å². The first-order valence-corrected chi connectivity index (χ1v) is 4.35. The van der Waals surface area contributed by atoms with Gasteiger partial charge in [-0.15, -0.1) is 0 Å². The Morgan fingerprint density at radius 1 is 1.54 bits per heavy atom. The van der Waals surface area contributed by atoms with Gasteiger partial charge in [0.15, 0.2) is 6.10 Å². The Morgan fingerprint density at radius 2 is 2.23 bits per heavy atom. The molecule has 2 aliphatic heterocycles. The third-order valence-electron chi connectivity index (χ3n) is 2.41. The molecule has 0 saturated carbocycles. The van der Waals surface area contributed by atoms with E-state index >= 15 is 0 Å². The molecule has 0 spiro atoms. The van der Waals surface area contributed by atoms with Crippen LogP contribution in [0.5, 0.6) is 0 Å². The summed E-state index contributed by atoms with van der Waals surface area (Å²) in [6, 6.07) is 0. The van der Waals surface area contributed by atoms with Crippen molar-refractivity contribution in [2.75, 3.05) is 0 Å². The first-order chi connectivity index (χ1) is 6.09. The highest BCUT2D eigenvalue weighted by Crippen LogP contribution is 2.36. The predicted molar refractivity (Wildman–Crippen MR) is 46.9 cm³/mol. The van der Waals surface area contributed by atoms with Gasteiger partial charge in [0.05, 0.1) is 5.57 Å². The van der Waals surface area contributed by atoms with E-state index in [-0.39, 0.29) is 18.2 Å². The minimum atomic E-state index is -0.230. The van der Waals surface area contributed by atoms with Crippen molar-refractivity contribution in [2.24, 2.45) is 0 Å². The molecule has 0 aromatic rings. The summed E-state index contributed by atoms with van der Waals surface area (Å²) < 4.78 is 10.6. The van der Waals surface area contributed by atoms with Gasteiger partial charge in [-0.25, -0.2) is 4.79 Å². The van der Waals surface area contributed by atoms with Gasteiger partial charge in [0, 0.05) is 6.42 Å². The molecule has 3 heteroatoms. The zero-order valence-electron chi connectivity index (χ0n) is 7.79. The molecule has 0 saturated heterocycles. The summed E-state index contributed by atoms with van der Waals surface area (Å²) in [5, 5.41) is 0. The van der Waals surface area contributed by atoms with Gasteiger partial charge in [0.1, 0.15) is 11.9 Å². The Labute approximate surface area is 77.0 Å². The van der Waals surface area contributed by atoms with Crippen LogP contribution in [-0.2, 0) is 14.3 Å². The van der Waals surface area contributed by atoms with Gasteiger partial charge in [0.2, 0.25) is 0 Å². The summed E-state index contributed by atoms with van der Waals surface area (Å²) in [6.07, 6.45) is 0.376. The maximum Gasteiger partial charge on any atom is 0.338 e. The van der Waals surface area contributed by atoms with Crippen molar-refractivity contribution >= 4 is 5.97 Å². The SMILES string of the molecule is C=C(C)C1CC2=C(O1)C(C)OC2=O. The van der Waals surface area contributed by atoms with Crippen LogP contribution in [0, 0.1) is 0 Å². The van der Waals surface area contributed by atoms with Crippen molar-refractivity contribution in [1.29, 1.82) is 0 Å². The molecule has 0 N–H and O–H groups in total. The van der Waals surface area contributed by atoms with Gasteiger partial charge in [-0.1, -0.05) is 6.58 Å². The zero-order chi connectivity index (χ0) is 9.59. The van der Waals surface area contributed by atoms with Crippen LogP contribution in [0.15, 0.2) is 23.5 Å². The highest BCUT2D eigenvalue weighted by atomic mass is 16.6. The minimum Gasteiger partial charge on any atom is -0.486 e. The van der Waals surface area contributed by atoms with E-state index in [1.165, 1.54) is 0 Å². The fourth-order valence-corrected chi connectivity index (χ4v) is 1.64. The quantitative estimate of drug-likeness (QED) is 0.453. The number of rotatable bonds is 1. The summed E-state index contributed by atoms with van der Waals surface area (Å²) >= 11 is 0. The summed E-state index contributed by atoms with van der Waals surface area (Å²) in [6.45, 7) is 7.54. The van der Waals surface area contributed by atoms with Crippen LogP contribution in [0.3, 0.4) is 0 Å². The monoisotopic (exact) mass is 180 g/mol. The normalized spacial score (nSPS) is 31.4. The average molecular weight is 180 g/mol. The van der Waals surface area contributed by atoms with Gasteiger partial charge in [-0.3, -0.25) is 0 Å². The van der Waals surface area contributed by atoms with E-state index in [9.17, 15) is 4.79 Å². The lowest BCUT2D eigenvalue weighted by Crippen LogP contribution is -2.16. The fourth-order valence-electron chi connectivity index (χ4n) is 1.64. The maximum atomic E-state index is 11.2. The van der Waals surface area contributed by atoms with E-state index in [0.29, 0.717) is 17.8 Å². The van der Waals surface area contributed by atoms with Crippen LogP contribution in [0.2, 0.25) is 0 Å². The Morgan fingerprint density at radius 3 is 2.77 bits per heavy atom. The van der Waals surface area contributed by atoms with E-state index in [0.717, 1.165) is 5.57 Å². The van der Waals surface area contributed by atoms with E-state index < -0.39 is 0 Å². The summed E-state index contributed by atoms with van der Waals surface area (Å²) in [5.74, 6) is 0.476. The van der Waals surface area contributed by atoms with Crippen LogP contribution in [0.1, 0.15) is 20.3 Å². The molecule has 0 amide bonds. The summed E-state index contributed by atoms with van der Waals surface area (Å²) in [4.78, 5) is 11.2. The Balaban J connectivity index is 2.20. The zero-order valence-corrected chi connectivity index (χ0v) is 7.79. The van der Waals surface area contributed by atoms with Crippen LogP contribution in [0.4, 0.5) is 0 Å². The lowest BCUT2D eigenvalue weighted by Gasteiger charge is -2.15. The number of esters is 1. The van der Waals surface area contributed by atoms with Crippen molar-refractivity contribution < 1.29 is 14.3 Å². The van der Waals surface area contributed by atoms with Crippen LogP contribution < -0.4 is 0 Å². The molecule has 0 fully saturated rings. The van der Waals surface area contributed by atoms with Crippen LogP contribution in [0.25, 0.3) is 0 Å². The minimum absolute atomic E-state index is 0.0275. The first-order valence-electron chi connectivity index (χ1n) is 4.35. The number of hydrogen-bond acceptors (Lipinski definition) is 3. The number of hydrogen-bond donors (Lipinski definition) is 0. The molecular weight excluding hydrogens is 168 g/mol. The summed E-state index contributed by atoms with van der Waals surface area (Å²) in [5.41, 5.74) is 1.65. The molecule has 2 rings (SSSR count). The topological polar surface area (TPSA) is 35.5 Å². The van der Waals surface area contributed by atoms with Crippen molar-refractivity contribution in [3.05, 3.63) is 23.5 Å². The van der Waals surface area contributed by atoms with Crippen molar-refractivity contribution in [3.63, 3.8) is 0 Å². The van der Waals surface area contributed by atoms with Gasteiger partial charge < -0.3 is 9.47 Å². The Kier molecular flexibility index (Phi) is 1.68. The average Bonchev–Trinajstić information content (AvgIpc) is 2.55. The second kappa shape index (κ2) is 2.62. The lowest BCUT2D eigenvalue weighted by molar-refractivity contribution is -0.140. The standard InChI is InChI=1S/C10H12O3/c1-5(2)8-4-7-9(13-8)6(3)12-10(7)11/h6,8H,1,4H2,2-3H3. The Bertz CT molecular complexity index is 314. The van der Waals surface area contributed by atoms with E-state index in [1.54, 1.807) is 0 Å². The molecule has 3 nitrogen and oxygen atoms in total. The fraction of sp³-hybridized carbons (Fsp3) is 0.500. The van der Waals surface area contributed by atoms with Crippen LogP contribution in [-0.4, -0.2) is 18.2 Å². The van der Waals surface area contributed by atoms with Crippen molar-refractivity contribution in [3.8, 4) is 0 Å². The second-order valence-electron chi connectivity index (χ2n) is 3.55. The largest absolute Gasteiger partial charge is 0.486 e. The van der Waals surface area contributed by atoms with Crippen LogP contribution >= 0.6 is 0 Å².